The molecule has 6 N–H and O–H groups in total. The van der Waals surface area contributed by atoms with E-state index in [9.17, 15) is 9.80 Å². The number of hydrogen-bond acceptors (Lipinski definition) is 8. The van der Waals surface area contributed by atoms with Crippen LogP contribution in [0.25, 0.3) is 6.08 Å². The van der Waals surface area contributed by atoms with E-state index in [1.807, 2.05) is 13.0 Å². The highest BCUT2D eigenvalue weighted by molar-refractivity contribution is 7.32. The molecule has 0 bridgehead atoms. The highest BCUT2D eigenvalue weighted by Crippen LogP contribution is 2.34. The van der Waals surface area contributed by atoms with Gasteiger partial charge in [-0.3, -0.25) is 15.9 Å². The number of ether oxygens (including phenoxy) is 1. The molecule has 2 aliphatic heterocycles. The number of benzene rings is 1. The van der Waals surface area contributed by atoms with E-state index in [1.54, 1.807) is 6.08 Å². The predicted molar refractivity (Wildman–Crippen MR) is 154 cm³/mol. The van der Waals surface area contributed by atoms with Gasteiger partial charge in [0.05, 0.1) is 18.4 Å². The second-order valence-electron chi connectivity index (χ2n) is 9.82. The van der Waals surface area contributed by atoms with Gasteiger partial charge in [0.2, 0.25) is 0 Å². The van der Waals surface area contributed by atoms with Crippen LogP contribution >= 0.6 is 20.2 Å². The zero-order chi connectivity index (χ0) is 26.8. The number of anilines is 1. The minimum Gasteiger partial charge on any atom is -0.491 e. The highest BCUT2D eigenvalue weighted by Gasteiger charge is 2.26. The Morgan fingerprint density at radius 3 is 3.00 bits per heavy atom. The topological polar surface area (TPSA) is 126 Å². The second kappa shape index (κ2) is 11.4. The monoisotopic (exact) mass is 553 g/mol. The fourth-order valence-electron chi connectivity index (χ4n) is 5.19. The summed E-state index contributed by atoms with van der Waals surface area (Å²) in [6, 6.07) is 4.35. The van der Waals surface area contributed by atoms with Gasteiger partial charge in [-0.2, -0.15) is 0 Å². The number of nitrogens with one attached hydrogen (secondary N) is 2. The van der Waals surface area contributed by atoms with Crippen LogP contribution in [0.3, 0.4) is 0 Å². The summed E-state index contributed by atoms with van der Waals surface area (Å²) in [5.41, 5.74) is 16.7. The molecule has 8 nitrogen and oxygen atoms in total. The third-order valence-corrected chi connectivity index (χ3v) is 8.49. The quantitative estimate of drug-likeness (QED) is 0.246. The normalized spacial score (nSPS) is 21.4. The van der Waals surface area contributed by atoms with Gasteiger partial charge in [0.25, 0.3) is 0 Å². The Balaban J connectivity index is 1.42. The van der Waals surface area contributed by atoms with E-state index in [0.29, 0.717) is 50.0 Å². The van der Waals surface area contributed by atoms with E-state index in [2.05, 4.69) is 40.1 Å². The number of allylic oxidation sites excluding steroid dienone is 5. The van der Waals surface area contributed by atoms with E-state index < -0.39 is 0 Å². The summed E-state index contributed by atoms with van der Waals surface area (Å²) in [4.78, 5) is 11.2. The van der Waals surface area contributed by atoms with E-state index in [0.717, 1.165) is 43.7 Å². The molecule has 3 atom stereocenters. The number of hydrogen-bond donors (Lipinski definition) is 4. The Labute approximate surface area is 227 Å². The smallest absolute Gasteiger partial charge is 0.182 e. The first-order valence-corrected chi connectivity index (χ1v) is 14.6. The number of nitrogens with two attached hydrogens (primary N) is 2. The lowest BCUT2D eigenvalue weighted by Crippen LogP contribution is -2.34. The van der Waals surface area contributed by atoms with Crippen molar-refractivity contribution in [3.63, 3.8) is 0 Å². The molecule has 0 fully saturated rings. The van der Waals surface area contributed by atoms with Gasteiger partial charge in [0, 0.05) is 38.2 Å². The molecule has 2 aromatic rings. The summed E-state index contributed by atoms with van der Waals surface area (Å²) >= 11 is 1.42. The molecule has 1 aliphatic carbocycles. The van der Waals surface area contributed by atoms with Crippen LogP contribution in [0.1, 0.15) is 42.4 Å². The maximum atomic E-state index is 13.5. The number of amidine groups is 1. The molecule has 0 spiro atoms. The van der Waals surface area contributed by atoms with E-state index in [1.165, 1.54) is 17.4 Å². The van der Waals surface area contributed by atoms with Gasteiger partial charge in [-0.15, -0.1) is 0 Å². The molecule has 0 radical (unpaired) electrons. The van der Waals surface area contributed by atoms with Crippen molar-refractivity contribution in [2.75, 3.05) is 25.4 Å². The predicted octanol–water partition coefficient (Wildman–Crippen LogP) is 3.55. The Morgan fingerprint density at radius 2 is 2.24 bits per heavy atom. The van der Waals surface area contributed by atoms with Crippen molar-refractivity contribution in [1.82, 2.24) is 15.0 Å². The van der Waals surface area contributed by atoms with Crippen molar-refractivity contribution in [1.29, 1.82) is 5.41 Å². The van der Waals surface area contributed by atoms with E-state index >= 15 is 0 Å². The minimum atomic E-state index is -0.204. The molecule has 5 rings (SSSR count). The average Bonchev–Trinajstić information content (AvgIpc) is 3.13. The number of nitrogens with zero attached hydrogens (tertiary/aromatic N) is 3. The van der Waals surface area contributed by atoms with Crippen molar-refractivity contribution >= 4 is 37.3 Å². The van der Waals surface area contributed by atoms with Crippen LogP contribution in [0, 0.1) is 18.3 Å². The zero-order valence-corrected chi connectivity index (χ0v) is 23.4. The molecule has 1 aromatic heterocycles. The van der Waals surface area contributed by atoms with Gasteiger partial charge in [-0.25, -0.2) is 9.37 Å². The van der Waals surface area contributed by atoms with Crippen LogP contribution in [0.15, 0.2) is 52.5 Å². The van der Waals surface area contributed by atoms with Crippen LogP contribution in [-0.4, -0.2) is 35.4 Å². The first-order chi connectivity index (χ1) is 18.3. The van der Waals surface area contributed by atoms with Crippen LogP contribution < -0.4 is 31.1 Å². The SMILES string of the molecule is CC(NPN)=C(CC1C=CC(F)=CC1)C(=N)N1CCOc2c(C)cc(C3C=c4nc(N)sc4=NC3)cc2C1. The molecule has 3 aliphatic rings. The first kappa shape index (κ1) is 26.5. The summed E-state index contributed by atoms with van der Waals surface area (Å²) in [6.45, 7) is 6.30. The van der Waals surface area contributed by atoms with E-state index in [4.69, 9.17) is 21.0 Å². The van der Waals surface area contributed by atoms with Gasteiger partial charge >= 0.3 is 0 Å². The maximum Gasteiger partial charge on any atom is 0.182 e. The van der Waals surface area contributed by atoms with Gasteiger partial charge < -0.3 is 20.5 Å². The summed E-state index contributed by atoms with van der Waals surface area (Å²) in [6.07, 6.45) is 8.40. The van der Waals surface area contributed by atoms with Crippen molar-refractivity contribution < 1.29 is 9.13 Å². The van der Waals surface area contributed by atoms with Crippen LogP contribution in [0.5, 0.6) is 5.75 Å². The van der Waals surface area contributed by atoms with Crippen molar-refractivity contribution in [3.05, 3.63) is 74.2 Å². The standard InChI is InChI=1S/C27H33FN7OPS/c1-15-9-18(19-12-23-26(32-13-19)38-27(30)33-23)11-20-14-35(7-8-36-24(15)20)25(29)22(16(2)34-37-31)10-17-3-5-21(28)6-4-17/h3,5-6,9,11-12,17,19,29,34,37H,4,7-8,10,13-14,31H2,1-2H3,(H2,30,33). The highest BCUT2D eigenvalue weighted by atomic mass is 32.1. The number of aromatic nitrogens is 1. The number of halogens is 1. The number of nitrogen functional groups attached to an aromatic ring is 1. The lowest BCUT2D eigenvalue weighted by atomic mass is 9.91. The van der Waals surface area contributed by atoms with Gasteiger partial charge in [0.15, 0.2) is 5.13 Å². The summed E-state index contributed by atoms with van der Waals surface area (Å²) in [7, 11) is 0.0352. The number of aryl methyl sites for hydroxylation is 1. The number of rotatable bonds is 6. The van der Waals surface area contributed by atoms with Crippen LogP contribution in [0.2, 0.25) is 0 Å². The molecule has 38 heavy (non-hydrogen) atoms. The van der Waals surface area contributed by atoms with Gasteiger partial charge in [-0.1, -0.05) is 23.5 Å². The molecule has 0 saturated carbocycles. The van der Waals surface area contributed by atoms with Crippen molar-refractivity contribution in [2.24, 2.45) is 16.4 Å². The summed E-state index contributed by atoms with van der Waals surface area (Å²) < 4.78 is 20.6. The third-order valence-electron chi connectivity index (χ3n) is 7.14. The van der Waals surface area contributed by atoms with Crippen molar-refractivity contribution in [2.45, 2.75) is 39.2 Å². The van der Waals surface area contributed by atoms with Crippen LogP contribution in [-0.2, 0) is 6.54 Å². The molecule has 0 saturated heterocycles. The molecule has 11 heteroatoms. The second-order valence-corrected chi connectivity index (χ2v) is 11.4. The molecule has 1 aromatic carbocycles. The lowest BCUT2D eigenvalue weighted by molar-refractivity contribution is 0.287. The fraction of sp³-hybridized carbons (Fsp3) is 0.370. The molecular formula is C27H33FN7OPS. The Kier molecular flexibility index (Phi) is 7.93. The Bertz CT molecular complexity index is 1460. The molecule has 3 unspecified atom stereocenters. The van der Waals surface area contributed by atoms with Crippen molar-refractivity contribution in [3.8, 4) is 5.75 Å². The minimum absolute atomic E-state index is 0.0352. The van der Waals surface area contributed by atoms with Gasteiger partial charge in [0.1, 0.15) is 28.7 Å². The summed E-state index contributed by atoms with van der Waals surface area (Å²) in [5.74, 6) is 1.35. The number of thiazole rings is 1. The molecule has 200 valence electrons. The number of fused-ring (bicyclic) bond motifs is 2. The molecule has 3 heterocycles. The van der Waals surface area contributed by atoms with Crippen LogP contribution in [0.4, 0.5) is 9.52 Å². The van der Waals surface area contributed by atoms with Gasteiger partial charge in [-0.05, 0) is 68.0 Å². The largest absolute Gasteiger partial charge is 0.491 e. The lowest BCUT2D eigenvalue weighted by Gasteiger charge is -2.28. The molecular weight excluding hydrogens is 520 g/mol. The maximum absolute atomic E-state index is 13.5. The van der Waals surface area contributed by atoms with E-state index in [-0.39, 0.29) is 26.5 Å². The first-order valence-electron chi connectivity index (χ1n) is 12.7. The Hall–Kier alpha value is -3.07. The average molecular weight is 554 g/mol. The fourth-order valence-corrected chi connectivity index (χ4v) is 6.26. The third kappa shape index (κ3) is 5.67. The summed E-state index contributed by atoms with van der Waals surface area (Å²) in [5, 5.41) is 13.8. The Morgan fingerprint density at radius 1 is 1.39 bits per heavy atom. The zero-order valence-electron chi connectivity index (χ0n) is 21.6. The molecule has 0 amide bonds.